The zero-order valence-electron chi connectivity index (χ0n) is 4.87. The Morgan fingerprint density at radius 3 is 2.14 bits per heavy atom. The normalized spacial score (nSPS) is 35.6. The molecule has 42 valence electrons. The van der Waals surface area contributed by atoms with Gasteiger partial charge in [0.2, 0.25) is 0 Å². The predicted molar refractivity (Wildman–Crippen MR) is 35.7 cm³/mol. The average molecular weight is 163 g/mol. The molecule has 0 spiro atoms. The molecular formula is C6H11Br. The number of hydrogen-bond acceptors (Lipinski definition) is 0. The second-order valence-corrected chi connectivity index (χ2v) is 3.69. The van der Waals surface area contributed by atoms with Gasteiger partial charge in [0.25, 0.3) is 0 Å². The zero-order chi connectivity index (χ0) is 5.49. The largest absolute Gasteiger partial charge is 0.0925 e. The first-order valence-corrected chi connectivity index (χ1v) is 3.85. The maximum atomic E-state index is 3.45. The van der Waals surface area contributed by atoms with E-state index in [0.29, 0.717) is 5.41 Å². The van der Waals surface area contributed by atoms with Crippen LogP contribution in [0.3, 0.4) is 0 Å². The molecule has 1 heteroatoms. The van der Waals surface area contributed by atoms with Gasteiger partial charge in [0.1, 0.15) is 0 Å². The Kier molecular flexibility index (Phi) is 1.18. The lowest BCUT2D eigenvalue weighted by atomic mass is 10.1. The molecule has 0 aliphatic heterocycles. The van der Waals surface area contributed by atoms with Gasteiger partial charge in [-0.05, 0) is 17.8 Å². The van der Waals surface area contributed by atoms with Gasteiger partial charge in [-0.1, -0.05) is 29.8 Å². The Morgan fingerprint density at radius 2 is 2.14 bits per heavy atom. The Balaban J connectivity index is 2.30. The first kappa shape index (κ1) is 5.61. The molecule has 0 amide bonds. The van der Waals surface area contributed by atoms with Crippen molar-refractivity contribution in [1.29, 1.82) is 0 Å². The molecule has 0 aromatic carbocycles. The fraction of sp³-hybridized carbons (Fsp3) is 1.00. The van der Waals surface area contributed by atoms with Crippen LogP contribution in [0.15, 0.2) is 0 Å². The maximum Gasteiger partial charge on any atom is 0.00649 e. The van der Waals surface area contributed by atoms with Crippen LogP contribution in [0, 0.1) is 11.3 Å². The second-order valence-electron chi connectivity index (χ2n) is 3.04. The standard InChI is InChI=1S/C6H11Br/c1-6(2)3-5(6)4-7/h5H,3-4H2,1-2H3/t5-/m0/s1. The topological polar surface area (TPSA) is 0 Å². The summed E-state index contributed by atoms with van der Waals surface area (Å²) in [5.41, 5.74) is 0.670. The van der Waals surface area contributed by atoms with Gasteiger partial charge >= 0.3 is 0 Å². The molecule has 0 aromatic heterocycles. The third kappa shape index (κ3) is 0.987. The second kappa shape index (κ2) is 1.48. The molecule has 0 N–H and O–H groups in total. The zero-order valence-corrected chi connectivity index (χ0v) is 6.46. The van der Waals surface area contributed by atoms with E-state index in [2.05, 4.69) is 29.8 Å². The van der Waals surface area contributed by atoms with Gasteiger partial charge < -0.3 is 0 Å². The molecule has 1 atom stereocenters. The molecule has 1 fully saturated rings. The van der Waals surface area contributed by atoms with Crippen molar-refractivity contribution >= 4 is 15.9 Å². The Morgan fingerprint density at radius 1 is 1.71 bits per heavy atom. The Labute approximate surface area is 53.4 Å². The summed E-state index contributed by atoms with van der Waals surface area (Å²) in [7, 11) is 0. The van der Waals surface area contributed by atoms with Gasteiger partial charge in [0, 0.05) is 5.33 Å². The lowest BCUT2D eigenvalue weighted by molar-refractivity contribution is 0.591. The van der Waals surface area contributed by atoms with E-state index in [0.717, 1.165) is 5.92 Å². The highest BCUT2D eigenvalue weighted by Gasteiger charge is 2.44. The van der Waals surface area contributed by atoms with Crippen molar-refractivity contribution in [2.75, 3.05) is 5.33 Å². The van der Waals surface area contributed by atoms with Crippen molar-refractivity contribution < 1.29 is 0 Å². The van der Waals surface area contributed by atoms with Crippen LogP contribution < -0.4 is 0 Å². The molecule has 1 saturated carbocycles. The minimum Gasteiger partial charge on any atom is -0.0925 e. The fourth-order valence-electron chi connectivity index (χ4n) is 0.840. The molecule has 0 bridgehead atoms. The molecule has 0 aromatic rings. The molecule has 0 heterocycles. The van der Waals surface area contributed by atoms with Gasteiger partial charge in [0.15, 0.2) is 0 Å². The lowest BCUT2D eigenvalue weighted by Gasteiger charge is -1.94. The summed E-state index contributed by atoms with van der Waals surface area (Å²) in [5.74, 6) is 0.965. The van der Waals surface area contributed by atoms with E-state index >= 15 is 0 Å². The summed E-state index contributed by atoms with van der Waals surface area (Å²) >= 11 is 3.45. The van der Waals surface area contributed by atoms with Crippen molar-refractivity contribution in [1.82, 2.24) is 0 Å². The highest BCUT2D eigenvalue weighted by molar-refractivity contribution is 9.09. The number of rotatable bonds is 1. The van der Waals surface area contributed by atoms with E-state index in [9.17, 15) is 0 Å². The van der Waals surface area contributed by atoms with Crippen LogP contribution in [-0.4, -0.2) is 5.33 Å². The van der Waals surface area contributed by atoms with Crippen LogP contribution in [0.1, 0.15) is 20.3 Å². The van der Waals surface area contributed by atoms with Crippen LogP contribution in [0.4, 0.5) is 0 Å². The average Bonchev–Trinajstić information content (AvgIpc) is 2.13. The van der Waals surface area contributed by atoms with Crippen molar-refractivity contribution in [3.8, 4) is 0 Å². The van der Waals surface area contributed by atoms with Crippen molar-refractivity contribution in [3.05, 3.63) is 0 Å². The summed E-state index contributed by atoms with van der Waals surface area (Å²) < 4.78 is 0. The molecule has 1 rings (SSSR count). The van der Waals surface area contributed by atoms with E-state index in [1.54, 1.807) is 0 Å². The highest BCUT2D eigenvalue weighted by atomic mass is 79.9. The van der Waals surface area contributed by atoms with Crippen LogP contribution in [-0.2, 0) is 0 Å². The van der Waals surface area contributed by atoms with Crippen molar-refractivity contribution in [2.24, 2.45) is 11.3 Å². The van der Waals surface area contributed by atoms with Gasteiger partial charge in [-0.3, -0.25) is 0 Å². The summed E-state index contributed by atoms with van der Waals surface area (Å²) in [6, 6.07) is 0. The van der Waals surface area contributed by atoms with Crippen molar-refractivity contribution in [2.45, 2.75) is 20.3 Å². The third-order valence-electron chi connectivity index (χ3n) is 1.90. The summed E-state index contributed by atoms with van der Waals surface area (Å²) in [6.45, 7) is 4.64. The minimum atomic E-state index is 0.670. The Bertz CT molecular complexity index is 76.2. The quantitative estimate of drug-likeness (QED) is 0.520. The van der Waals surface area contributed by atoms with E-state index < -0.39 is 0 Å². The Hall–Kier alpha value is 0.480. The first-order valence-electron chi connectivity index (χ1n) is 2.73. The number of halogens is 1. The van der Waals surface area contributed by atoms with E-state index in [-0.39, 0.29) is 0 Å². The van der Waals surface area contributed by atoms with Gasteiger partial charge in [-0.2, -0.15) is 0 Å². The number of hydrogen-bond donors (Lipinski definition) is 0. The first-order chi connectivity index (χ1) is 3.17. The van der Waals surface area contributed by atoms with E-state index in [1.165, 1.54) is 11.8 Å². The maximum absolute atomic E-state index is 3.45. The molecule has 1 aliphatic carbocycles. The summed E-state index contributed by atoms with van der Waals surface area (Å²) in [5, 5.41) is 1.19. The molecule has 0 radical (unpaired) electrons. The van der Waals surface area contributed by atoms with Crippen LogP contribution >= 0.6 is 15.9 Å². The molecule has 0 saturated heterocycles. The predicted octanol–water partition coefficient (Wildman–Crippen LogP) is 2.43. The molecule has 1 aliphatic rings. The molecule has 0 nitrogen and oxygen atoms in total. The summed E-state index contributed by atoms with van der Waals surface area (Å²) in [4.78, 5) is 0. The van der Waals surface area contributed by atoms with Crippen LogP contribution in [0.2, 0.25) is 0 Å². The third-order valence-corrected chi connectivity index (χ3v) is 2.69. The molecular weight excluding hydrogens is 152 g/mol. The number of alkyl halides is 1. The van der Waals surface area contributed by atoms with Crippen molar-refractivity contribution in [3.63, 3.8) is 0 Å². The minimum absolute atomic E-state index is 0.670. The van der Waals surface area contributed by atoms with Crippen LogP contribution in [0.25, 0.3) is 0 Å². The monoisotopic (exact) mass is 162 g/mol. The smallest absolute Gasteiger partial charge is 0.00649 e. The summed E-state index contributed by atoms with van der Waals surface area (Å²) in [6.07, 6.45) is 1.41. The lowest BCUT2D eigenvalue weighted by Crippen LogP contribution is -1.88. The van der Waals surface area contributed by atoms with Gasteiger partial charge in [0.05, 0.1) is 0 Å². The fourth-order valence-corrected chi connectivity index (χ4v) is 1.94. The SMILES string of the molecule is CC1(C)C[C@H]1CBr. The van der Waals surface area contributed by atoms with E-state index in [1.807, 2.05) is 0 Å². The van der Waals surface area contributed by atoms with E-state index in [4.69, 9.17) is 0 Å². The highest BCUT2D eigenvalue weighted by Crippen LogP contribution is 2.52. The van der Waals surface area contributed by atoms with Gasteiger partial charge in [-0.15, -0.1) is 0 Å². The van der Waals surface area contributed by atoms with Gasteiger partial charge in [-0.25, -0.2) is 0 Å². The molecule has 0 unspecified atom stereocenters. The van der Waals surface area contributed by atoms with Crippen LogP contribution in [0.5, 0.6) is 0 Å². The molecule has 7 heavy (non-hydrogen) atoms.